The highest BCUT2D eigenvalue weighted by Crippen LogP contribution is 2.34. The van der Waals surface area contributed by atoms with E-state index in [4.69, 9.17) is 5.73 Å². The molecule has 0 unspecified atom stereocenters. The Morgan fingerprint density at radius 2 is 1.85 bits per heavy atom. The number of hydrogen-bond acceptors (Lipinski definition) is 5. The quantitative estimate of drug-likeness (QED) is 0.868. The van der Waals surface area contributed by atoms with Crippen molar-refractivity contribution in [3.8, 4) is 0 Å². The van der Waals surface area contributed by atoms with E-state index in [1.807, 2.05) is 0 Å². The van der Waals surface area contributed by atoms with Crippen LogP contribution in [0.4, 0.5) is 18.3 Å². The molecule has 116 valence electrons. The predicted octanol–water partition coefficient (Wildman–Crippen LogP) is 2.68. The molecule has 1 amide bonds. The van der Waals surface area contributed by atoms with Crippen LogP contribution in [0.2, 0.25) is 0 Å². The first-order chi connectivity index (χ1) is 8.79. The van der Waals surface area contributed by atoms with Gasteiger partial charge in [0.1, 0.15) is 0 Å². The lowest BCUT2D eigenvalue weighted by Crippen LogP contribution is -2.41. The third-order valence-corrected chi connectivity index (χ3v) is 4.00. The van der Waals surface area contributed by atoms with Gasteiger partial charge in [0.05, 0.1) is 5.41 Å². The van der Waals surface area contributed by atoms with Crippen molar-refractivity contribution in [2.24, 2.45) is 11.1 Å². The van der Waals surface area contributed by atoms with Crippen LogP contribution in [0.3, 0.4) is 0 Å². The normalized spacial score (nSPS) is 11.9. The van der Waals surface area contributed by atoms with Crippen molar-refractivity contribution in [3.05, 3.63) is 5.01 Å². The number of carbonyl (C=O) groups is 1. The average molecular weight is 333 g/mol. The SMILES string of the molecule is CCC(CC)(CN)C(=O)Nc1nnc(C(F)(F)F)s1.Cl. The molecule has 0 aromatic carbocycles. The Hall–Kier alpha value is -0.930. The van der Waals surface area contributed by atoms with E-state index in [1.54, 1.807) is 13.8 Å². The van der Waals surface area contributed by atoms with E-state index < -0.39 is 22.5 Å². The number of nitrogens with one attached hydrogen (secondary N) is 1. The molecule has 1 aromatic rings. The van der Waals surface area contributed by atoms with E-state index in [0.717, 1.165) is 0 Å². The molecule has 0 aliphatic heterocycles. The molecular formula is C10H16ClF3N4OS. The summed E-state index contributed by atoms with van der Waals surface area (Å²) in [5, 5.41) is 7.41. The molecule has 0 atom stereocenters. The molecule has 3 N–H and O–H groups in total. The monoisotopic (exact) mass is 332 g/mol. The first kappa shape index (κ1) is 19.1. The Labute approximate surface area is 124 Å². The summed E-state index contributed by atoms with van der Waals surface area (Å²) in [5.41, 5.74) is 4.80. The van der Waals surface area contributed by atoms with Crippen LogP contribution < -0.4 is 11.1 Å². The Morgan fingerprint density at radius 1 is 1.30 bits per heavy atom. The Balaban J connectivity index is 0.00000361. The summed E-state index contributed by atoms with van der Waals surface area (Å²) in [4.78, 5) is 12.1. The fourth-order valence-electron chi connectivity index (χ4n) is 1.57. The molecule has 1 aromatic heterocycles. The van der Waals surface area contributed by atoms with Crippen molar-refractivity contribution in [2.45, 2.75) is 32.9 Å². The van der Waals surface area contributed by atoms with Gasteiger partial charge in [0, 0.05) is 6.54 Å². The van der Waals surface area contributed by atoms with Gasteiger partial charge in [-0.1, -0.05) is 25.2 Å². The average Bonchev–Trinajstić information content (AvgIpc) is 2.80. The second kappa shape index (κ2) is 7.19. The van der Waals surface area contributed by atoms with E-state index in [1.165, 1.54) is 0 Å². The zero-order valence-electron chi connectivity index (χ0n) is 11.0. The summed E-state index contributed by atoms with van der Waals surface area (Å²) in [7, 11) is 0. The second-order valence-corrected chi connectivity index (χ2v) is 5.03. The minimum Gasteiger partial charge on any atom is -0.329 e. The lowest BCUT2D eigenvalue weighted by Gasteiger charge is -2.27. The number of halogens is 4. The Bertz CT molecular complexity index is 440. The first-order valence-electron chi connectivity index (χ1n) is 5.71. The van der Waals surface area contributed by atoms with Gasteiger partial charge in [-0.25, -0.2) is 0 Å². The maximum atomic E-state index is 12.3. The number of nitrogens with zero attached hydrogens (tertiary/aromatic N) is 2. The largest absolute Gasteiger partial charge is 0.445 e. The third-order valence-electron chi connectivity index (χ3n) is 3.11. The van der Waals surface area contributed by atoms with Crippen molar-refractivity contribution in [3.63, 3.8) is 0 Å². The number of carbonyl (C=O) groups excluding carboxylic acids is 1. The Kier molecular flexibility index (Phi) is 6.85. The maximum Gasteiger partial charge on any atom is 0.445 e. The number of alkyl halides is 3. The lowest BCUT2D eigenvalue weighted by molar-refractivity contribution is -0.138. The molecule has 0 radical (unpaired) electrons. The van der Waals surface area contributed by atoms with E-state index in [0.29, 0.717) is 24.2 Å². The number of hydrogen-bond donors (Lipinski definition) is 2. The number of amides is 1. The van der Waals surface area contributed by atoms with E-state index in [2.05, 4.69) is 15.5 Å². The van der Waals surface area contributed by atoms with Crippen LogP contribution in [0.25, 0.3) is 0 Å². The van der Waals surface area contributed by atoms with Crippen LogP contribution in [0.1, 0.15) is 31.7 Å². The van der Waals surface area contributed by atoms with E-state index in [-0.39, 0.29) is 24.1 Å². The summed E-state index contributed by atoms with van der Waals surface area (Å²) in [6, 6.07) is 0. The van der Waals surface area contributed by atoms with Crippen molar-refractivity contribution in [1.82, 2.24) is 10.2 Å². The summed E-state index contributed by atoms with van der Waals surface area (Å²) in [6.45, 7) is 3.73. The molecular weight excluding hydrogens is 317 g/mol. The molecule has 20 heavy (non-hydrogen) atoms. The van der Waals surface area contributed by atoms with E-state index >= 15 is 0 Å². The van der Waals surface area contributed by atoms with Gasteiger partial charge in [-0.05, 0) is 12.8 Å². The van der Waals surface area contributed by atoms with Crippen LogP contribution in [-0.2, 0) is 11.0 Å². The van der Waals surface area contributed by atoms with Gasteiger partial charge in [-0.15, -0.1) is 22.6 Å². The van der Waals surface area contributed by atoms with Gasteiger partial charge < -0.3 is 5.73 Å². The van der Waals surface area contributed by atoms with Crippen molar-refractivity contribution >= 4 is 34.8 Å². The van der Waals surface area contributed by atoms with Gasteiger partial charge in [0.2, 0.25) is 16.0 Å². The van der Waals surface area contributed by atoms with Gasteiger partial charge >= 0.3 is 6.18 Å². The molecule has 0 aliphatic rings. The molecule has 0 bridgehead atoms. The maximum absolute atomic E-state index is 12.3. The predicted molar refractivity (Wildman–Crippen MR) is 72.9 cm³/mol. The zero-order valence-corrected chi connectivity index (χ0v) is 12.6. The zero-order chi connectivity index (χ0) is 14.7. The molecule has 0 spiro atoms. The summed E-state index contributed by atoms with van der Waals surface area (Å²) in [5.74, 6) is -0.426. The van der Waals surface area contributed by atoms with Crippen LogP contribution in [0.5, 0.6) is 0 Å². The fraction of sp³-hybridized carbons (Fsp3) is 0.700. The highest BCUT2D eigenvalue weighted by molar-refractivity contribution is 7.15. The number of aromatic nitrogens is 2. The van der Waals surface area contributed by atoms with Crippen LogP contribution in [-0.4, -0.2) is 22.6 Å². The van der Waals surface area contributed by atoms with Crippen molar-refractivity contribution in [1.29, 1.82) is 0 Å². The number of rotatable bonds is 5. The molecule has 1 heterocycles. The van der Waals surface area contributed by atoms with Gasteiger partial charge in [-0.3, -0.25) is 10.1 Å². The van der Waals surface area contributed by atoms with Gasteiger partial charge in [0.15, 0.2) is 0 Å². The highest BCUT2D eigenvalue weighted by Gasteiger charge is 2.37. The molecule has 0 saturated heterocycles. The van der Waals surface area contributed by atoms with E-state index in [9.17, 15) is 18.0 Å². The molecule has 0 aliphatic carbocycles. The minimum absolute atomic E-state index is 0. The topological polar surface area (TPSA) is 80.9 Å². The first-order valence-corrected chi connectivity index (χ1v) is 6.53. The fourth-order valence-corrected chi connectivity index (χ4v) is 2.18. The summed E-state index contributed by atoms with van der Waals surface area (Å²) < 4.78 is 37.0. The minimum atomic E-state index is -4.55. The molecule has 0 fully saturated rings. The molecule has 10 heteroatoms. The van der Waals surface area contributed by atoms with Crippen LogP contribution in [0.15, 0.2) is 0 Å². The lowest BCUT2D eigenvalue weighted by atomic mass is 9.81. The van der Waals surface area contributed by atoms with Gasteiger partial charge in [-0.2, -0.15) is 13.2 Å². The smallest absolute Gasteiger partial charge is 0.329 e. The number of nitrogens with two attached hydrogens (primary N) is 1. The summed E-state index contributed by atoms with van der Waals surface area (Å²) >= 11 is 0.296. The molecule has 5 nitrogen and oxygen atoms in total. The van der Waals surface area contributed by atoms with Crippen molar-refractivity contribution < 1.29 is 18.0 Å². The molecule has 0 saturated carbocycles. The number of anilines is 1. The van der Waals surface area contributed by atoms with Crippen LogP contribution >= 0.6 is 23.7 Å². The Morgan fingerprint density at radius 3 is 2.20 bits per heavy atom. The standard InChI is InChI=1S/C10H15F3N4OS.ClH/c1-3-9(4-2,5-14)6(18)15-8-17-16-7(19-8)10(11,12)13;/h3-5,14H2,1-2H3,(H,15,17,18);1H. The van der Waals surface area contributed by atoms with Crippen molar-refractivity contribution in [2.75, 3.05) is 11.9 Å². The third kappa shape index (κ3) is 4.03. The summed E-state index contributed by atoms with van der Waals surface area (Å²) in [6.07, 6.45) is -3.56. The molecule has 1 rings (SSSR count). The highest BCUT2D eigenvalue weighted by atomic mass is 35.5. The second-order valence-electron chi connectivity index (χ2n) is 4.06. The van der Waals surface area contributed by atoms with Crippen LogP contribution in [0, 0.1) is 5.41 Å². The van der Waals surface area contributed by atoms with Gasteiger partial charge in [0.25, 0.3) is 0 Å².